The average Bonchev–Trinajstić information content (AvgIpc) is 2.52. The molecule has 0 amide bonds. The van der Waals surface area contributed by atoms with Gasteiger partial charge in [-0.15, -0.1) is 0 Å². The molecule has 0 radical (unpaired) electrons. The largest absolute Gasteiger partial charge is 0.480 e. The molecule has 0 saturated carbocycles. The lowest BCUT2D eigenvalue weighted by Crippen LogP contribution is -2.35. The maximum atomic E-state index is 10.6. The van der Waals surface area contributed by atoms with Gasteiger partial charge in [0.2, 0.25) is 0 Å². The number of nitrogens with one attached hydrogen (secondary N) is 1. The van der Waals surface area contributed by atoms with Crippen molar-refractivity contribution in [2.75, 3.05) is 13.1 Å². The molecule has 1 aliphatic rings. The van der Waals surface area contributed by atoms with Crippen LogP contribution >= 0.6 is 0 Å². The molecule has 1 atom stereocenters. The van der Waals surface area contributed by atoms with Gasteiger partial charge in [0.05, 0.1) is 6.54 Å². The Morgan fingerprint density at radius 3 is 2.14 bits per heavy atom. The van der Waals surface area contributed by atoms with E-state index >= 15 is 0 Å². The summed E-state index contributed by atoms with van der Waals surface area (Å²) in [6.45, 7) is 0.218. The van der Waals surface area contributed by atoms with Crippen molar-refractivity contribution < 1.29 is 24.6 Å². The molecular formula is C7H12N2O5. The van der Waals surface area contributed by atoms with Crippen LogP contribution in [0.3, 0.4) is 0 Å². The highest BCUT2D eigenvalue weighted by Gasteiger charge is 2.29. The Hall–Kier alpha value is -1.47. The number of nitrogens with two attached hydrogens (primary N) is 1. The average molecular weight is 204 g/mol. The lowest BCUT2D eigenvalue weighted by molar-refractivity contribution is -0.142. The molecule has 0 unspecified atom stereocenters. The first-order valence-electron chi connectivity index (χ1n) is 3.89. The van der Waals surface area contributed by atoms with Gasteiger partial charge < -0.3 is 15.9 Å². The molecule has 1 aliphatic heterocycles. The summed E-state index contributed by atoms with van der Waals surface area (Å²) in [5.41, 5.74) is 4.57. The molecular weight excluding hydrogens is 192 g/mol. The number of aliphatic carboxylic acids is 2. The zero-order valence-electron chi connectivity index (χ0n) is 7.40. The van der Waals surface area contributed by atoms with E-state index in [0.29, 0.717) is 13.0 Å². The highest BCUT2D eigenvalue weighted by molar-refractivity contribution is 6.03. The molecule has 5 N–H and O–H groups in total. The van der Waals surface area contributed by atoms with Gasteiger partial charge in [0, 0.05) is 13.0 Å². The summed E-state index contributed by atoms with van der Waals surface area (Å²) in [6, 6.07) is -0.940. The van der Waals surface area contributed by atoms with E-state index in [1.165, 1.54) is 0 Å². The van der Waals surface area contributed by atoms with Crippen LogP contribution in [0.2, 0.25) is 0 Å². The number of ketones is 1. The quantitative estimate of drug-likeness (QED) is 0.384. The number of hydrogen-bond acceptors (Lipinski definition) is 5. The van der Waals surface area contributed by atoms with E-state index in [9.17, 15) is 14.4 Å². The number of carboxylic acid groups (broad SMARTS) is 2. The minimum absolute atomic E-state index is 0.220. The van der Waals surface area contributed by atoms with E-state index in [4.69, 9.17) is 10.2 Å². The Labute approximate surface area is 79.9 Å². The zero-order valence-corrected chi connectivity index (χ0v) is 7.40. The van der Waals surface area contributed by atoms with Crippen molar-refractivity contribution in [2.45, 2.75) is 12.5 Å². The third kappa shape index (κ3) is 4.53. The van der Waals surface area contributed by atoms with Gasteiger partial charge in [0.25, 0.3) is 0 Å². The van der Waals surface area contributed by atoms with E-state index in [1.54, 1.807) is 0 Å². The number of carbonyl (C=O) groups is 3. The van der Waals surface area contributed by atoms with Gasteiger partial charge in [0.15, 0.2) is 11.8 Å². The van der Waals surface area contributed by atoms with E-state index in [2.05, 4.69) is 11.1 Å². The number of carbonyl (C=O) groups excluding carboxylic acids is 1. The number of carboxylic acids is 2. The Balaban J connectivity index is 0.000000292. The first kappa shape index (κ1) is 12.5. The highest BCUT2D eigenvalue weighted by atomic mass is 16.4. The van der Waals surface area contributed by atoms with E-state index in [0.717, 1.165) is 0 Å². The topological polar surface area (TPSA) is 130 Å². The summed E-state index contributed by atoms with van der Waals surface area (Å²) in [6.07, 6.45) is 0.344. The molecule has 1 saturated heterocycles. The molecule has 1 fully saturated rings. The van der Waals surface area contributed by atoms with Gasteiger partial charge >= 0.3 is 11.9 Å². The summed E-state index contributed by atoms with van der Waals surface area (Å²) >= 11 is 0. The Kier molecular flexibility index (Phi) is 5.42. The normalized spacial score (nSPS) is 19.8. The fraction of sp³-hybridized carbons (Fsp3) is 0.571. The van der Waals surface area contributed by atoms with Crippen molar-refractivity contribution in [3.05, 3.63) is 0 Å². The second-order valence-electron chi connectivity index (χ2n) is 2.54. The van der Waals surface area contributed by atoms with Crippen LogP contribution in [0, 0.1) is 0 Å². The molecule has 0 aromatic heterocycles. The predicted octanol–water partition coefficient (Wildman–Crippen LogP) is -1.97. The van der Waals surface area contributed by atoms with Crippen molar-refractivity contribution in [1.82, 2.24) is 5.32 Å². The monoisotopic (exact) mass is 204 g/mol. The lowest BCUT2D eigenvalue weighted by atomic mass is 10.2. The lowest BCUT2D eigenvalue weighted by Gasteiger charge is -1.98. The van der Waals surface area contributed by atoms with Crippen LogP contribution in [0.25, 0.3) is 0 Å². The number of rotatable bonds is 2. The maximum absolute atomic E-state index is 10.6. The minimum Gasteiger partial charge on any atom is -0.480 e. The molecule has 0 aromatic carbocycles. The third-order valence-corrected chi connectivity index (χ3v) is 1.46. The summed E-state index contributed by atoms with van der Waals surface area (Å²) < 4.78 is 0. The first-order chi connectivity index (χ1) is 6.49. The number of Topliss-reactive ketones (excluding diaryl/α,β-unsaturated/α-hetero) is 1. The molecule has 7 nitrogen and oxygen atoms in total. The van der Waals surface area contributed by atoms with Gasteiger partial charge in [-0.25, -0.2) is 0 Å². The second kappa shape index (κ2) is 6.06. The zero-order chi connectivity index (χ0) is 11.1. The predicted molar refractivity (Wildman–Crippen MR) is 45.7 cm³/mol. The smallest absolute Gasteiger partial charge is 0.328 e. The van der Waals surface area contributed by atoms with Crippen LogP contribution in [-0.2, 0) is 14.4 Å². The molecule has 0 bridgehead atoms. The van der Waals surface area contributed by atoms with Crippen molar-refractivity contribution in [3.8, 4) is 0 Å². The summed E-state index contributed by atoms with van der Waals surface area (Å²) in [7, 11) is 0. The molecule has 0 aromatic rings. The van der Waals surface area contributed by atoms with Gasteiger partial charge in [-0.05, 0) is 0 Å². The maximum Gasteiger partial charge on any atom is 0.328 e. The molecule has 7 heteroatoms. The molecule has 0 spiro atoms. The standard InChI is InChI=1S/C5H7NO3.C2H5NO2/c7-3-1-2-6-4(3)5(8)9;3-1-2(4)5/h4,6H,1-2H2,(H,8,9);1,3H2,(H,4,5)/t4-;/m0./s1. The molecule has 1 rings (SSSR count). The van der Waals surface area contributed by atoms with Crippen LogP contribution in [0.5, 0.6) is 0 Å². The van der Waals surface area contributed by atoms with Crippen LogP contribution in [-0.4, -0.2) is 47.1 Å². The summed E-state index contributed by atoms with van der Waals surface area (Å²) in [5.74, 6) is -2.26. The number of hydrogen-bond donors (Lipinski definition) is 4. The van der Waals surface area contributed by atoms with Gasteiger partial charge in [0.1, 0.15) is 0 Å². The SMILES string of the molecule is NCC(=O)O.O=C(O)[C@H]1NCCC1=O. The molecule has 80 valence electrons. The molecule has 14 heavy (non-hydrogen) atoms. The van der Waals surface area contributed by atoms with Crippen molar-refractivity contribution in [1.29, 1.82) is 0 Å². The summed E-state index contributed by atoms with van der Waals surface area (Å²) in [5, 5.41) is 18.5. The van der Waals surface area contributed by atoms with Gasteiger partial charge in [-0.1, -0.05) is 0 Å². The summed E-state index contributed by atoms with van der Waals surface area (Å²) in [4.78, 5) is 29.9. The second-order valence-corrected chi connectivity index (χ2v) is 2.54. The highest BCUT2D eigenvalue weighted by Crippen LogP contribution is 1.99. The fourth-order valence-corrected chi connectivity index (χ4v) is 0.823. The van der Waals surface area contributed by atoms with Crippen molar-refractivity contribution >= 4 is 17.7 Å². The Morgan fingerprint density at radius 1 is 1.50 bits per heavy atom. The van der Waals surface area contributed by atoms with Crippen molar-refractivity contribution in [3.63, 3.8) is 0 Å². The fourth-order valence-electron chi connectivity index (χ4n) is 0.823. The Morgan fingerprint density at radius 2 is 2.00 bits per heavy atom. The van der Waals surface area contributed by atoms with Crippen LogP contribution in [0.15, 0.2) is 0 Å². The van der Waals surface area contributed by atoms with Gasteiger partial charge in [-0.3, -0.25) is 19.7 Å². The van der Waals surface area contributed by atoms with E-state index < -0.39 is 18.0 Å². The van der Waals surface area contributed by atoms with E-state index in [-0.39, 0.29) is 12.3 Å². The van der Waals surface area contributed by atoms with Crippen LogP contribution < -0.4 is 11.1 Å². The molecule has 0 aliphatic carbocycles. The third-order valence-electron chi connectivity index (χ3n) is 1.46. The van der Waals surface area contributed by atoms with Crippen LogP contribution in [0.1, 0.15) is 6.42 Å². The minimum atomic E-state index is -1.07. The van der Waals surface area contributed by atoms with Crippen LogP contribution in [0.4, 0.5) is 0 Å². The Bertz CT molecular complexity index is 240. The van der Waals surface area contributed by atoms with Gasteiger partial charge in [-0.2, -0.15) is 0 Å². The van der Waals surface area contributed by atoms with E-state index in [1.807, 2.05) is 0 Å². The molecule has 1 heterocycles. The first-order valence-corrected chi connectivity index (χ1v) is 3.89. The van der Waals surface area contributed by atoms with Crippen molar-refractivity contribution in [2.24, 2.45) is 5.73 Å².